The zero-order chi connectivity index (χ0) is 15.2. The molecular weight excluding hydrogens is 279 g/mol. The van der Waals surface area contributed by atoms with Crippen molar-refractivity contribution in [2.45, 2.75) is 26.0 Å². The van der Waals surface area contributed by atoms with Gasteiger partial charge in [0.1, 0.15) is 11.6 Å². The molecule has 0 heterocycles. The van der Waals surface area contributed by atoms with E-state index in [2.05, 4.69) is 10.1 Å². The molecule has 0 radical (unpaired) electrons. The van der Waals surface area contributed by atoms with Gasteiger partial charge in [-0.2, -0.15) is 8.78 Å². The van der Waals surface area contributed by atoms with Gasteiger partial charge in [0.2, 0.25) is 0 Å². The minimum atomic E-state index is -2.90. The summed E-state index contributed by atoms with van der Waals surface area (Å²) in [5.41, 5.74) is 0.903. The van der Waals surface area contributed by atoms with Gasteiger partial charge in [0.25, 0.3) is 0 Å². The van der Waals surface area contributed by atoms with Crippen molar-refractivity contribution in [2.75, 3.05) is 5.32 Å². The molecule has 2 aromatic carbocycles. The molecule has 0 saturated carbocycles. The van der Waals surface area contributed by atoms with E-state index in [0.717, 1.165) is 0 Å². The van der Waals surface area contributed by atoms with Crippen LogP contribution in [0.2, 0.25) is 0 Å². The number of benzene rings is 2. The molecule has 2 rings (SSSR count). The van der Waals surface area contributed by atoms with Crippen molar-refractivity contribution in [2.24, 2.45) is 0 Å². The molecule has 1 N–H and O–H groups in total. The Morgan fingerprint density at radius 2 is 1.71 bits per heavy atom. The maximum Gasteiger partial charge on any atom is 0.387 e. The molecule has 0 aromatic heterocycles. The summed E-state index contributed by atoms with van der Waals surface area (Å²) >= 11 is 0. The topological polar surface area (TPSA) is 21.3 Å². The minimum absolute atomic E-state index is 0.0438. The van der Waals surface area contributed by atoms with Gasteiger partial charge in [0.05, 0.1) is 11.7 Å². The molecular formula is C16H16F3NO. The highest BCUT2D eigenvalue weighted by Crippen LogP contribution is 2.31. The first kappa shape index (κ1) is 15.2. The highest BCUT2D eigenvalue weighted by atomic mass is 19.3. The van der Waals surface area contributed by atoms with Gasteiger partial charge in [-0.05, 0) is 24.6 Å². The Balaban J connectivity index is 2.25. The van der Waals surface area contributed by atoms with E-state index in [1.165, 1.54) is 12.1 Å². The van der Waals surface area contributed by atoms with Crippen molar-refractivity contribution in [1.29, 1.82) is 0 Å². The van der Waals surface area contributed by atoms with Crippen molar-refractivity contribution in [3.8, 4) is 5.75 Å². The molecule has 2 nitrogen and oxygen atoms in total. The van der Waals surface area contributed by atoms with Crippen molar-refractivity contribution >= 4 is 5.69 Å². The number of anilines is 1. The van der Waals surface area contributed by atoms with Gasteiger partial charge in [0, 0.05) is 5.56 Å². The second-order valence-corrected chi connectivity index (χ2v) is 4.50. The Hall–Kier alpha value is -2.17. The highest BCUT2D eigenvalue weighted by Gasteiger charge is 2.16. The molecule has 0 aliphatic rings. The van der Waals surface area contributed by atoms with Crippen molar-refractivity contribution in [3.63, 3.8) is 0 Å². The first-order valence-electron chi connectivity index (χ1n) is 6.66. The number of alkyl halides is 2. The van der Waals surface area contributed by atoms with E-state index in [9.17, 15) is 13.2 Å². The van der Waals surface area contributed by atoms with Crippen LogP contribution < -0.4 is 10.1 Å². The van der Waals surface area contributed by atoms with Gasteiger partial charge in [-0.1, -0.05) is 37.3 Å². The lowest BCUT2D eigenvalue weighted by Gasteiger charge is -2.21. The first-order chi connectivity index (χ1) is 10.1. The number of hydrogen-bond acceptors (Lipinski definition) is 2. The summed E-state index contributed by atoms with van der Waals surface area (Å²) in [6.45, 7) is -1.01. The number of ether oxygens (including phenoxy) is 1. The molecule has 1 unspecified atom stereocenters. The maximum absolute atomic E-state index is 13.8. The lowest BCUT2D eigenvalue weighted by Crippen LogP contribution is -2.13. The second kappa shape index (κ2) is 7.02. The van der Waals surface area contributed by atoms with Crippen LogP contribution in [-0.2, 0) is 0 Å². The minimum Gasteiger partial charge on any atom is -0.433 e. The fraction of sp³-hybridized carbons (Fsp3) is 0.250. The van der Waals surface area contributed by atoms with Gasteiger partial charge >= 0.3 is 6.61 Å². The Morgan fingerprint density at radius 1 is 1.05 bits per heavy atom. The number of rotatable bonds is 6. The first-order valence-corrected chi connectivity index (χ1v) is 6.66. The van der Waals surface area contributed by atoms with Crippen LogP contribution in [0.1, 0.15) is 24.9 Å². The number of para-hydroxylation sites is 2. The van der Waals surface area contributed by atoms with Crippen LogP contribution in [0.5, 0.6) is 5.75 Å². The molecule has 21 heavy (non-hydrogen) atoms. The van der Waals surface area contributed by atoms with Crippen LogP contribution in [0.4, 0.5) is 18.9 Å². The van der Waals surface area contributed by atoms with Crippen LogP contribution in [0.15, 0.2) is 48.5 Å². The third-order valence-corrected chi connectivity index (χ3v) is 3.12. The molecule has 5 heteroatoms. The molecule has 112 valence electrons. The van der Waals surface area contributed by atoms with E-state index >= 15 is 0 Å². The van der Waals surface area contributed by atoms with Gasteiger partial charge < -0.3 is 10.1 Å². The van der Waals surface area contributed by atoms with Crippen LogP contribution in [0.25, 0.3) is 0 Å². The average Bonchev–Trinajstić information content (AvgIpc) is 2.47. The zero-order valence-corrected chi connectivity index (χ0v) is 11.5. The van der Waals surface area contributed by atoms with E-state index in [0.29, 0.717) is 17.7 Å². The molecule has 1 atom stereocenters. The fourth-order valence-electron chi connectivity index (χ4n) is 2.13. The SMILES string of the molecule is CCC(Nc1ccccc1OC(F)F)c1ccccc1F. The number of halogens is 3. The molecule has 0 spiro atoms. The van der Waals surface area contributed by atoms with Gasteiger partial charge in [0.15, 0.2) is 0 Å². The molecule has 0 bridgehead atoms. The van der Waals surface area contributed by atoms with Crippen LogP contribution in [0.3, 0.4) is 0 Å². The number of nitrogens with one attached hydrogen (secondary N) is 1. The van der Waals surface area contributed by atoms with Crippen LogP contribution in [-0.4, -0.2) is 6.61 Å². The summed E-state index contributed by atoms with van der Waals surface area (Å²) in [4.78, 5) is 0. The molecule has 0 fully saturated rings. The largest absolute Gasteiger partial charge is 0.433 e. The van der Waals surface area contributed by atoms with Gasteiger partial charge in [-0.15, -0.1) is 0 Å². The fourth-order valence-corrected chi connectivity index (χ4v) is 2.13. The average molecular weight is 295 g/mol. The van der Waals surface area contributed by atoms with Crippen molar-refractivity contribution in [3.05, 3.63) is 59.9 Å². The lowest BCUT2D eigenvalue weighted by molar-refractivity contribution is -0.0493. The molecule has 2 aromatic rings. The lowest BCUT2D eigenvalue weighted by atomic mass is 10.0. The normalized spacial score (nSPS) is 12.2. The molecule has 0 saturated heterocycles. The van der Waals surface area contributed by atoms with E-state index in [1.807, 2.05) is 6.92 Å². The smallest absolute Gasteiger partial charge is 0.387 e. The maximum atomic E-state index is 13.8. The van der Waals surface area contributed by atoms with E-state index in [1.54, 1.807) is 36.4 Å². The predicted octanol–water partition coefficient (Wildman–Crippen LogP) is 4.99. The van der Waals surface area contributed by atoms with Gasteiger partial charge in [-0.3, -0.25) is 0 Å². The zero-order valence-electron chi connectivity index (χ0n) is 11.5. The Morgan fingerprint density at radius 3 is 2.38 bits per heavy atom. The standard InChI is InChI=1S/C16H16F3NO/c1-2-13(11-7-3-4-8-12(11)17)20-14-9-5-6-10-15(14)21-16(18)19/h3-10,13,16,20H,2H2,1H3. The summed E-state index contributed by atoms with van der Waals surface area (Å²) in [5.74, 6) is -0.286. The molecule has 0 amide bonds. The van der Waals surface area contributed by atoms with Crippen molar-refractivity contribution in [1.82, 2.24) is 0 Å². The second-order valence-electron chi connectivity index (χ2n) is 4.50. The predicted molar refractivity (Wildman–Crippen MR) is 76.1 cm³/mol. The highest BCUT2D eigenvalue weighted by molar-refractivity contribution is 5.57. The van der Waals surface area contributed by atoms with E-state index in [-0.39, 0.29) is 17.6 Å². The monoisotopic (exact) mass is 295 g/mol. The van der Waals surface area contributed by atoms with E-state index < -0.39 is 6.61 Å². The summed E-state index contributed by atoms with van der Waals surface area (Å²) in [7, 11) is 0. The Kier molecular flexibility index (Phi) is 5.09. The van der Waals surface area contributed by atoms with Gasteiger partial charge in [-0.25, -0.2) is 4.39 Å². The summed E-state index contributed by atoms with van der Waals surface area (Å²) in [6.07, 6.45) is 0.601. The molecule has 0 aliphatic carbocycles. The van der Waals surface area contributed by atoms with E-state index in [4.69, 9.17) is 0 Å². The van der Waals surface area contributed by atoms with Crippen LogP contribution in [0, 0.1) is 5.82 Å². The summed E-state index contributed by atoms with van der Waals surface area (Å²) in [5, 5.41) is 3.06. The summed E-state index contributed by atoms with van der Waals surface area (Å²) in [6, 6.07) is 12.5. The quantitative estimate of drug-likeness (QED) is 0.810. The third kappa shape index (κ3) is 3.90. The Labute approximate surface area is 121 Å². The summed E-state index contributed by atoms with van der Waals surface area (Å²) < 4.78 is 43.1. The van der Waals surface area contributed by atoms with Crippen LogP contribution >= 0.6 is 0 Å². The third-order valence-electron chi connectivity index (χ3n) is 3.12. The Bertz CT molecular complexity index is 589. The van der Waals surface area contributed by atoms with Crippen molar-refractivity contribution < 1.29 is 17.9 Å². The number of hydrogen-bond donors (Lipinski definition) is 1. The molecule has 0 aliphatic heterocycles.